The number of aryl methyl sites for hydroxylation is 1. The van der Waals surface area contributed by atoms with Crippen molar-refractivity contribution in [3.05, 3.63) is 17.8 Å². The van der Waals surface area contributed by atoms with Crippen molar-refractivity contribution in [2.24, 2.45) is 0 Å². The van der Waals surface area contributed by atoms with E-state index in [0.29, 0.717) is 44.2 Å². The van der Waals surface area contributed by atoms with Crippen LogP contribution in [0, 0.1) is 6.92 Å². The van der Waals surface area contributed by atoms with Crippen LogP contribution in [0.3, 0.4) is 0 Å². The number of carbonyl (C=O) groups is 1. The van der Waals surface area contributed by atoms with Crippen LogP contribution in [0.4, 0.5) is 0 Å². The van der Waals surface area contributed by atoms with Crippen molar-refractivity contribution < 1.29 is 19.1 Å². The third-order valence-electron chi connectivity index (χ3n) is 4.58. The second-order valence-corrected chi connectivity index (χ2v) is 5.91. The van der Waals surface area contributed by atoms with E-state index in [4.69, 9.17) is 9.15 Å². The van der Waals surface area contributed by atoms with Crippen LogP contribution in [-0.4, -0.2) is 77.3 Å². The van der Waals surface area contributed by atoms with Gasteiger partial charge in [-0.2, -0.15) is 0 Å². The Morgan fingerprint density at radius 2 is 2.00 bits per heavy atom. The summed E-state index contributed by atoms with van der Waals surface area (Å²) in [5.74, 6) is 0.431. The van der Waals surface area contributed by atoms with Gasteiger partial charge in [-0.25, -0.2) is 4.98 Å². The Labute approximate surface area is 129 Å². The van der Waals surface area contributed by atoms with Gasteiger partial charge in [-0.1, -0.05) is 0 Å². The number of oxazole rings is 1. The lowest BCUT2D eigenvalue weighted by Crippen LogP contribution is -2.49. The summed E-state index contributed by atoms with van der Waals surface area (Å²) in [5.41, 5.74) is 0.374. The highest BCUT2D eigenvalue weighted by Gasteiger charge is 2.32. The van der Waals surface area contributed by atoms with Crippen LogP contribution >= 0.6 is 0 Å². The zero-order valence-electron chi connectivity index (χ0n) is 12.9. The van der Waals surface area contributed by atoms with Crippen LogP contribution in [0.1, 0.15) is 29.1 Å². The van der Waals surface area contributed by atoms with Gasteiger partial charge in [0, 0.05) is 32.2 Å². The fourth-order valence-corrected chi connectivity index (χ4v) is 3.27. The standard InChI is InChI=1S/C15H23N3O4/c1-11-14(16-10-22-11)15(20)18-4-2-12(13(19)3-5-18)17-6-8-21-9-7-17/h10,12-13,19H,2-9H2,1H3/t12-,13-/m0/s1. The Hall–Kier alpha value is -1.44. The Bertz CT molecular complexity index is 513. The lowest BCUT2D eigenvalue weighted by atomic mass is 10.0. The van der Waals surface area contributed by atoms with E-state index in [0.717, 1.165) is 19.5 Å². The molecular formula is C15H23N3O4. The molecule has 1 amide bonds. The summed E-state index contributed by atoms with van der Waals surface area (Å²) in [4.78, 5) is 20.6. The molecule has 7 nitrogen and oxygen atoms in total. The monoisotopic (exact) mass is 309 g/mol. The number of likely N-dealkylation sites (tertiary alicyclic amines) is 1. The maximum Gasteiger partial charge on any atom is 0.276 e. The average molecular weight is 309 g/mol. The third-order valence-corrected chi connectivity index (χ3v) is 4.58. The number of nitrogens with zero attached hydrogens (tertiary/aromatic N) is 3. The van der Waals surface area contributed by atoms with Gasteiger partial charge >= 0.3 is 0 Å². The lowest BCUT2D eigenvalue weighted by Gasteiger charge is -2.36. The highest BCUT2D eigenvalue weighted by molar-refractivity contribution is 5.93. The first kappa shape index (κ1) is 15.5. The van der Waals surface area contributed by atoms with Gasteiger partial charge in [0.2, 0.25) is 0 Å². The number of rotatable bonds is 2. The zero-order chi connectivity index (χ0) is 15.5. The number of amides is 1. The fourth-order valence-electron chi connectivity index (χ4n) is 3.27. The van der Waals surface area contributed by atoms with Crippen molar-refractivity contribution in [1.29, 1.82) is 0 Å². The van der Waals surface area contributed by atoms with Gasteiger partial charge in [-0.05, 0) is 19.8 Å². The van der Waals surface area contributed by atoms with Gasteiger partial charge in [0.1, 0.15) is 5.76 Å². The van der Waals surface area contributed by atoms with Crippen molar-refractivity contribution in [3.8, 4) is 0 Å². The summed E-state index contributed by atoms with van der Waals surface area (Å²) in [6.45, 7) is 6.03. The van der Waals surface area contributed by atoms with E-state index in [1.165, 1.54) is 6.39 Å². The topological polar surface area (TPSA) is 79.0 Å². The van der Waals surface area contributed by atoms with E-state index < -0.39 is 6.10 Å². The number of ether oxygens (including phenoxy) is 1. The Morgan fingerprint density at radius 1 is 1.27 bits per heavy atom. The summed E-state index contributed by atoms with van der Waals surface area (Å²) >= 11 is 0. The number of hydrogen-bond donors (Lipinski definition) is 1. The van der Waals surface area contributed by atoms with E-state index in [1.807, 2.05) is 0 Å². The van der Waals surface area contributed by atoms with Gasteiger partial charge in [0.15, 0.2) is 12.1 Å². The van der Waals surface area contributed by atoms with Crippen molar-refractivity contribution >= 4 is 5.91 Å². The number of hydrogen-bond acceptors (Lipinski definition) is 6. The number of aromatic nitrogens is 1. The Kier molecular flexibility index (Phi) is 4.75. The fraction of sp³-hybridized carbons (Fsp3) is 0.733. The Morgan fingerprint density at radius 3 is 2.68 bits per heavy atom. The van der Waals surface area contributed by atoms with Crippen molar-refractivity contribution in [2.75, 3.05) is 39.4 Å². The number of aliphatic hydroxyl groups excluding tert-OH is 1. The zero-order valence-corrected chi connectivity index (χ0v) is 12.9. The summed E-state index contributed by atoms with van der Waals surface area (Å²) in [6, 6.07) is 0.0973. The maximum atomic E-state index is 12.5. The molecule has 2 aliphatic rings. The molecule has 2 atom stereocenters. The molecule has 0 spiro atoms. The molecule has 22 heavy (non-hydrogen) atoms. The van der Waals surface area contributed by atoms with Gasteiger partial charge in [-0.15, -0.1) is 0 Å². The van der Waals surface area contributed by atoms with Crippen LogP contribution < -0.4 is 0 Å². The molecular weight excluding hydrogens is 286 g/mol. The number of morpholine rings is 1. The molecule has 0 saturated carbocycles. The van der Waals surface area contributed by atoms with Crippen LogP contribution in [0.2, 0.25) is 0 Å². The third kappa shape index (κ3) is 3.16. The highest BCUT2D eigenvalue weighted by Crippen LogP contribution is 2.20. The average Bonchev–Trinajstić information content (AvgIpc) is 2.86. The van der Waals surface area contributed by atoms with E-state index in [9.17, 15) is 9.90 Å². The van der Waals surface area contributed by atoms with Crippen LogP contribution in [0.25, 0.3) is 0 Å². The minimum Gasteiger partial charge on any atom is -0.448 e. The van der Waals surface area contributed by atoms with Gasteiger partial charge < -0.3 is 19.2 Å². The van der Waals surface area contributed by atoms with Crippen molar-refractivity contribution in [2.45, 2.75) is 31.9 Å². The molecule has 2 saturated heterocycles. The van der Waals surface area contributed by atoms with E-state index >= 15 is 0 Å². The van der Waals surface area contributed by atoms with Crippen LogP contribution in [-0.2, 0) is 4.74 Å². The molecule has 1 N–H and O–H groups in total. The molecule has 2 fully saturated rings. The molecule has 3 heterocycles. The molecule has 2 aliphatic heterocycles. The molecule has 1 aromatic rings. The van der Waals surface area contributed by atoms with Gasteiger partial charge in [0.05, 0.1) is 19.3 Å². The van der Waals surface area contributed by atoms with Gasteiger partial charge in [-0.3, -0.25) is 9.69 Å². The maximum absolute atomic E-state index is 12.5. The quantitative estimate of drug-likeness (QED) is 0.845. The van der Waals surface area contributed by atoms with E-state index in [1.54, 1.807) is 11.8 Å². The molecule has 0 bridgehead atoms. The first-order valence-corrected chi connectivity index (χ1v) is 7.86. The Balaban J connectivity index is 1.65. The largest absolute Gasteiger partial charge is 0.448 e. The first-order chi connectivity index (χ1) is 10.7. The molecule has 1 aromatic heterocycles. The van der Waals surface area contributed by atoms with E-state index in [2.05, 4.69) is 9.88 Å². The van der Waals surface area contributed by atoms with Gasteiger partial charge in [0.25, 0.3) is 5.91 Å². The van der Waals surface area contributed by atoms with Crippen molar-refractivity contribution in [1.82, 2.24) is 14.8 Å². The molecule has 3 rings (SSSR count). The minimum absolute atomic E-state index is 0.0973. The number of carbonyl (C=O) groups excluding carboxylic acids is 1. The van der Waals surface area contributed by atoms with E-state index in [-0.39, 0.29) is 11.9 Å². The summed E-state index contributed by atoms with van der Waals surface area (Å²) < 4.78 is 10.5. The summed E-state index contributed by atoms with van der Waals surface area (Å²) in [7, 11) is 0. The van der Waals surface area contributed by atoms with Crippen LogP contribution in [0.5, 0.6) is 0 Å². The SMILES string of the molecule is Cc1ocnc1C(=O)N1CC[C@H](O)[C@@H](N2CCOCC2)CC1. The predicted octanol–water partition coefficient (Wildman–Crippen LogP) is 0.281. The van der Waals surface area contributed by atoms with Crippen molar-refractivity contribution in [3.63, 3.8) is 0 Å². The second kappa shape index (κ2) is 6.76. The molecule has 0 unspecified atom stereocenters. The summed E-state index contributed by atoms with van der Waals surface area (Å²) in [6.07, 6.45) is 2.24. The molecule has 0 aromatic carbocycles. The highest BCUT2D eigenvalue weighted by atomic mass is 16.5. The molecule has 7 heteroatoms. The predicted molar refractivity (Wildman–Crippen MR) is 78.6 cm³/mol. The molecule has 0 radical (unpaired) electrons. The van der Waals surface area contributed by atoms with Crippen LogP contribution in [0.15, 0.2) is 10.8 Å². The first-order valence-electron chi connectivity index (χ1n) is 7.86. The minimum atomic E-state index is -0.408. The summed E-state index contributed by atoms with van der Waals surface area (Å²) in [5, 5.41) is 10.4. The second-order valence-electron chi connectivity index (χ2n) is 5.91. The molecule has 122 valence electrons. The molecule has 0 aliphatic carbocycles. The normalized spacial score (nSPS) is 27.6. The smallest absolute Gasteiger partial charge is 0.276 e. The lowest BCUT2D eigenvalue weighted by molar-refractivity contribution is -0.0222. The number of aliphatic hydroxyl groups is 1.